The Bertz CT molecular complexity index is 741. The SMILES string of the molecule is COc1cc(N2C(=O)c3ccccc3C2=O)c(Cl)cc1Br. The molecule has 0 N–H and O–H groups in total. The lowest BCUT2D eigenvalue weighted by molar-refractivity contribution is 0.0926. The summed E-state index contributed by atoms with van der Waals surface area (Å²) in [7, 11) is 1.50. The Labute approximate surface area is 134 Å². The Morgan fingerprint density at radius 2 is 1.67 bits per heavy atom. The van der Waals surface area contributed by atoms with E-state index in [-0.39, 0.29) is 16.8 Å². The molecule has 1 aliphatic heterocycles. The van der Waals surface area contributed by atoms with Crippen LogP contribution in [0, 0.1) is 0 Å². The van der Waals surface area contributed by atoms with Crippen LogP contribution in [0.3, 0.4) is 0 Å². The number of hydrogen-bond acceptors (Lipinski definition) is 3. The highest BCUT2D eigenvalue weighted by Crippen LogP contribution is 2.39. The number of anilines is 1. The third-order valence-corrected chi connectivity index (χ3v) is 4.18. The first kappa shape index (κ1) is 14.1. The van der Waals surface area contributed by atoms with Crippen LogP contribution in [-0.2, 0) is 0 Å². The Balaban J connectivity index is 2.15. The summed E-state index contributed by atoms with van der Waals surface area (Å²) < 4.78 is 5.84. The summed E-state index contributed by atoms with van der Waals surface area (Å²) in [5.41, 5.74) is 1.06. The van der Waals surface area contributed by atoms with E-state index >= 15 is 0 Å². The molecule has 0 spiro atoms. The van der Waals surface area contributed by atoms with E-state index in [9.17, 15) is 9.59 Å². The van der Waals surface area contributed by atoms with Crippen molar-refractivity contribution in [2.75, 3.05) is 12.0 Å². The van der Waals surface area contributed by atoms with Crippen LogP contribution in [-0.4, -0.2) is 18.9 Å². The molecule has 106 valence electrons. The molecule has 0 radical (unpaired) electrons. The fourth-order valence-corrected chi connectivity index (χ4v) is 3.14. The standard InChI is InChI=1S/C15H9BrClNO3/c1-21-13-7-12(11(17)6-10(13)16)18-14(19)8-4-2-3-5-9(8)15(18)20/h2-7H,1H3. The molecular weight excluding hydrogens is 358 g/mol. The minimum atomic E-state index is -0.387. The molecule has 0 fully saturated rings. The molecule has 2 aromatic rings. The first-order chi connectivity index (χ1) is 10.0. The van der Waals surface area contributed by atoms with E-state index in [1.807, 2.05) is 0 Å². The lowest BCUT2D eigenvalue weighted by Crippen LogP contribution is -2.29. The quantitative estimate of drug-likeness (QED) is 0.757. The third-order valence-electron chi connectivity index (χ3n) is 3.26. The van der Waals surface area contributed by atoms with Gasteiger partial charge in [-0.25, -0.2) is 4.90 Å². The highest BCUT2D eigenvalue weighted by molar-refractivity contribution is 9.10. The number of carbonyl (C=O) groups is 2. The smallest absolute Gasteiger partial charge is 0.266 e. The van der Waals surface area contributed by atoms with Gasteiger partial charge in [-0.2, -0.15) is 0 Å². The van der Waals surface area contributed by atoms with Gasteiger partial charge in [0.25, 0.3) is 11.8 Å². The van der Waals surface area contributed by atoms with Crippen LogP contribution in [0.25, 0.3) is 0 Å². The molecular formula is C15H9BrClNO3. The number of halogens is 2. The molecule has 0 aromatic heterocycles. The highest BCUT2D eigenvalue weighted by Gasteiger charge is 2.37. The van der Waals surface area contributed by atoms with E-state index in [0.717, 1.165) is 4.90 Å². The van der Waals surface area contributed by atoms with E-state index in [1.165, 1.54) is 7.11 Å². The van der Waals surface area contributed by atoms with Crippen LogP contribution < -0.4 is 9.64 Å². The predicted octanol–water partition coefficient (Wildman–Crippen LogP) is 3.91. The maximum absolute atomic E-state index is 12.4. The van der Waals surface area contributed by atoms with E-state index in [0.29, 0.717) is 27.0 Å². The molecule has 0 aliphatic carbocycles. The number of hydrogen-bond donors (Lipinski definition) is 0. The molecule has 6 heteroatoms. The largest absolute Gasteiger partial charge is 0.495 e. The summed E-state index contributed by atoms with van der Waals surface area (Å²) in [5, 5.41) is 0.289. The predicted molar refractivity (Wildman–Crippen MR) is 83.3 cm³/mol. The van der Waals surface area contributed by atoms with Crippen molar-refractivity contribution in [2.45, 2.75) is 0 Å². The number of rotatable bonds is 2. The molecule has 0 unspecified atom stereocenters. The fourth-order valence-electron chi connectivity index (χ4n) is 2.25. The molecule has 0 atom stereocenters. The molecule has 1 heterocycles. The topological polar surface area (TPSA) is 46.6 Å². The number of nitrogens with zero attached hydrogens (tertiary/aromatic N) is 1. The number of benzene rings is 2. The van der Waals surface area contributed by atoms with Gasteiger partial charge in [0.1, 0.15) is 5.75 Å². The molecule has 21 heavy (non-hydrogen) atoms. The van der Waals surface area contributed by atoms with Gasteiger partial charge in [-0.15, -0.1) is 0 Å². The first-order valence-corrected chi connectivity index (χ1v) is 7.22. The Morgan fingerprint density at radius 1 is 1.10 bits per heavy atom. The third kappa shape index (κ3) is 2.13. The average Bonchev–Trinajstić information content (AvgIpc) is 2.72. The lowest BCUT2D eigenvalue weighted by Gasteiger charge is -2.17. The maximum Gasteiger partial charge on any atom is 0.266 e. The second-order valence-electron chi connectivity index (χ2n) is 4.43. The molecule has 2 amide bonds. The monoisotopic (exact) mass is 365 g/mol. The van der Waals surface area contributed by atoms with Crippen molar-refractivity contribution in [1.82, 2.24) is 0 Å². The summed E-state index contributed by atoms with van der Waals surface area (Å²) in [6, 6.07) is 9.85. The van der Waals surface area contributed by atoms with Crippen LogP contribution in [0.4, 0.5) is 5.69 Å². The van der Waals surface area contributed by atoms with Gasteiger partial charge in [0.15, 0.2) is 0 Å². The second kappa shape index (κ2) is 5.16. The summed E-state index contributed by atoms with van der Waals surface area (Å²) in [4.78, 5) is 25.9. The molecule has 0 bridgehead atoms. The van der Waals surface area contributed by atoms with E-state index in [2.05, 4.69) is 15.9 Å². The Kier molecular flexibility index (Phi) is 3.47. The van der Waals surface area contributed by atoms with Crippen LogP contribution in [0.5, 0.6) is 5.75 Å². The van der Waals surface area contributed by atoms with Gasteiger partial charge in [0.05, 0.1) is 33.4 Å². The van der Waals surface area contributed by atoms with Crippen molar-refractivity contribution in [3.05, 3.63) is 57.0 Å². The number of imide groups is 1. The normalized spacial score (nSPS) is 13.6. The maximum atomic E-state index is 12.4. The van der Waals surface area contributed by atoms with Crippen LogP contribution in [0.1, 0.15) is 20.7 Å². The number of fused-ring (bicyclic) bond motifs is 1. The van der Waals surface area contributed by atoms with E-state index in [1.54, 1.807) is 36.4 Å². The van der Waals surface area contributed by atoms with Crippen LogP contribution >= 0.6 is 27.5 Å². The zero-order valence-corrected chi connectivity index (χ0v) is 13.2. The zero-order valence-electron chi connectivity index (χ0n) is 10.9. The summed E-state index contributed by atoms with van der Waals surface area (Å²) in [6.07, 6.45) is 0. The molecule has 4 nitrogen and oxygen atoms in total. The van der Waals surface area contributed by atoms with Crippen molar-refractivity contribution in [1.29, 1.82) is 0 Å². The number of carbonyl (C=O) groups excluding carboxylic acids is 2. The summed E-state index contributed by atoms with van der Waals surface area (Å²) in [5.74, 6) is -0.283. The van der Waals surface area contributed by atoms with Crippen molar-refractivity contribution in [2.24, 2.45) is 0 Å². The number of methoxy groups -OCH3 is 1. The Hall–Kier alpha value is -1.85. The van der Waals surface area contributed by atoms with Crippen molar-refractivity contribution >= 4 is 45.0 Å². The zero-order chi connectivity index (χ0) is 15.1. The summed E-state index contributed by atoms with van der Waals surface area (Å²) in [6.45, 7) is 0. The average molecular weight is 367 g/mol. The van der Waals surface area contributed by atoms with Gasteiger partial charge in [-0.1, -0.05) is 23.7 Å². The molecule has 3 rings (SSSR count). The molecule has 2 aromatic carbocycles. The summed E-state index contributed by atoms with van der Waals surface area (Å²) >= 11 is 9.49. The van der Waals surface area contributed by atoms with Crippen molar-refractivity contribution in [3.8, 4) is 5.75 Å². The first-order valence-electron chi connectivity index (χ1n) is 6.05. The van der Waals surface area contributed by atoms with Crippen LogP contribution in [0.15, 0.2) is 40.9 Å². The fraction of sp³-hybridized carbons (Fsp3) is 0.0667. The van der Waals surface area contributed by atoms with E-state index < -0.39 is 0 Å². The van der Waals surface area contributed by atoms with E-state index in [4.69, 9.17) is 16.3 Å². The molecule has 0 saturated heterocycles. The van der Waals surface area contributed by atoms with Gasteiger partial charge < -0.3 is 4.74 Å². The highest BCUT2D eigenvalue weighted by atomic mass is 79.9. The number of amides is 2. The minimum Gasteiger partial charge on any atom is -0.495 e. The number of ether oxygens (including phenoxy) is 1. The van der Waals surface area contributed by atoms with Gasteiger partial charge in [0.2, 0.25) is 0 Å². The molecule has 1 aliphatic rings. The van der Waals surface area contributed by atoms with Gasteiger partial charge in [-0.05, 0) is 34.1 Å². The van der Waals surface area contributed by atoms with Gasteiger partial charge in [-0.3, -0.25) is 9.59 Å². The lowest BCUT2D eigenvalue weighted by atomic mass is 10.1. The second-order valence-corrected chi connectivity index (χ2v) is 5.69. The van der Waals surface area contributed by atoms with Gasteiger partial charge >= 0.3 is 0 Å². The van der Waals surface area contributed by atoms with Crippen molar-refractivity contribution < 1.29 is 14.3 Å². The Morgan fingerprint density at radius 3 is 2.19 bits per heavy atom. The van der Waals surface area contributed by atoms with Crippen LogP contribution in [0.2, 0.25) is 5.02 Å². The van der Waals surface area contributed by atoms with Gasteiger partial charge in [0, 0.05) is 6.07 Å². The van der Waals surface area contributed by atoms with Crippen molar-refractivity contribution in [3.63, 3.8) is 0 Å². The minimum absolute atomic E-state index is 0.289. The molecule has 0 saturated carbocycles.